The van der Waals surface area contributed by atoms with E-state index in [9.17, 15) is 5.11 Å². The topological polar surface area (TPSA) is 29.5 Å². The number of ether oxygens (including phenoxy) is 1. The molecule has 0 amide bonds. The van der Waals surface area contributed by atoms with E-state index in [0.29, 0.717) is 13.2 Å². The first-order chi connectivity index (χ1) is 6.64. The van der Waals surface area contributed by atoms with E-state index in [4.69, 9.17) is 4.74 Å². The Morgan fingerprint density at radius 3 is 2.93 bits per heavy atom. The molecule has 0 fully saturated rings. The minimum Gasteiger partial charge on any atom is -0.388 e. The van der Waals surface area contributed by atoms with Gasteiger partial charge in [0.25, 0.3) is 0 Å². The largest absolute Gasteiger partial charge is 0.388 e. The fourth-order valence-electron chi connectivity index (χ4n) is 1.24. The molecule has 1 unspecified atom stereocenters. The number of hydrogen-bond acceptors (Lipinski definition) is 3. The lowest BCUT2D eigenvalue weighted by Gasteiger charge is -2.22. The van der Waals surface area contributed by atoms with E-state index in [0.717, 1.165) is 12.8 Å². The van der Waals surface area contributed by atoms with E-state index in [1.807, 2.05) is 19.9 Å². The minimum atomic E-state index is -0.694. The van der Waals surface area contributed by atoms with Gasteiger partial charge in [0, 0.05) is 11.5 Å². The van der Waals surface area contributed by atoms with Gasteiger partial charge in [-0.25, -0.2) is 0 Å². The molecule has 1 aromatic heterocycles. The van der Waals surface area contributed by atoms with Crippen LogP contribution in [0.15, 0.2) is 17.5 Å². The van der Waals surface area contributed by atoms with Crippen molar-refractivity contribution in [3.8, 4) is 0 Å². The summed E-state index contributed by atoms with van der Waals surface area (Å²) in [5, 5.41) is 12.0. The highest BCUT2D eigenvalue weighted by Crippen LogP contribution is 2.17. The van der Waals surface area contributed by atoms with Crippen molar-refractivity contribution in [1.29, 1.82) is 0 Å². The Hall–Kier alpha value is -0.380. The molecule has 1 rings (SSSR count). The molecule has 80 valence electrons. The van der Waals surface area contributed by atoms with Gasteiger partial charge in [0.05, 0.1) is 12.2 Å². The second-order valence-electron chi connectivity index (χ2n) is 3.71. The van der Waals surface area contributed by atoms with Gasteiger partial charge in [-0.3, -0.25) is 0 Å². The molecule has 1 atom stereocenters. The standard InChI is InChI=1S/C11H18O2S/c1-3-13-9-11(2,12)7-6-10-5-4-8-14-10/h4-5,8,12H,3,6-7,9H2,1-2H3. The molecule has 14 heavy (non-hydrogen) atoms. The molecule has 0 aliphatic heterocycles. The third kappa shape index (κ3) is 4.22. The lowest BCUT2D eigenvalue weighted by molar-refractivity contribution is -0.0351. The van der Waals surface area contributed by atoms with Crippen molar-refractivity contribution in [3.05, 3.63) is 22.4 Å². The maximum atomic E-state index is 9.92. The third-order valence-corrected chi connectivity index (χ3v) is 3.04. The average molecular weight is 214 g/mol. The first-order valence-corrected chi connectivity index (χ1v) is 5.84. The third-order valence-electron chi connectivity index (χ3n) is 2.11. The zero-order chi connectivity index (χ0) is 10.4. The maximum Gasteiger partial charge on any atom is 0.0855 e. The SMILES string of the molecule is CCOCC(C)(O)CCc1cccs1. The van der Waals surface area contributed by atoms with Gasteiger partial charge in [0.2, 0.25) is 0 Å². The molecule has 2 nitrogen and oxygen atoms in total. The zero-order valence-corrected chi connectivity index (χ0v) is 9.64. The average Bonchev–Trinajstić information content (AvgIpc) is 2.64. The van der Waals surface area contributed by atoms with Gasteiger partial charge < -0.3 is 9.84 Å². The summed E-state index contributed by atoms with van der Waals surface area (Å²) in [5.41, 5.74) is -0.694. The van der Waals surface area contributed by atoms with E-state index in [-0.39, 0.29) is 0 Å². The monoisotopic (exact) mass is 214 g/mol. The van der Waals surface area contributed by atoms with Crippen LogP contribution in [-0.2, 0) is 11.2 Å². The van der Waals surface area contributed by atoms with E-state index in [1.165, 1.54) is 4.88 Å². The quantitative estimate of drug-likeness (QED) is 0.788. The molecule has 3 heteroatoms. The molecule has 0 saturated carbocycles. The van der Waals surface area contributed by atoms with Crippen molar-refractivity contribution in [2.75, 3.05) is 13.2 Å². The van der Waals surface area contributed by atoms with Crippen LogP contribution in [0.4, 0.5) is 0 Å². The van der Waals surface area contributed by atoms with Crippen LogP contribution < -0.4 is 0 Å². The molecule has 0 aliphatic rings. The van der Waals surface area contributed by atoms with E-state index in [2.05, 4.69) is 11.4 Å². The molecule has 0 saturated heterocycles. The molecule has 0 spiro atoms. The van der Waals surface area contributed by atoms with Gasteiger partial charge in [-0.15, -0.1) is 11.3 Å². The minimum absolute atomic E-state index is 0.425. The summed E-state index contributed by atoms with van der Waals surface area (Å²) in [7, 11) is 0. The summed E-state index contributed by atoms with van der Waals surface area (Å²) >= 11 is 1.74. The number of aliphatic hydroxyl groups is 1. The normalized spacial score (nSPS) is 15.4. The van der Waals surface area contributed by atoms with Crippen LogP contribution in [0.1, 0.15) is 25.1 Å². The van der Waals surface area contributed by atoms with Gasteiger partial charge in [-0.2, -0.15) is 0 Å². The smallest absolute Gasteiger partial charge is 0.0855 e. The summed E-state index contributed by atoms with van der Waals surface area (Å²) in [6, 6.07) is 4.14. The molecular weight excluding hydrogens is 196 g/mol. The first-order valence-electron chi connectivity index (χ1n) is 4.96. The van der Waals surface area contributed by atoms with Crippen LogP contribution in [0.5, 0.6) is 0 Å². The van der Waals surface area contributed by atoms with Crippen molar-refractivity contribution in [3.63, 3.8) is 0 Å². The molecule has 1 aromatic rings. The number of hydrogen-bond donors (Lipinski definition) is 1. The number of aryl methyl sites for hydroxylation is 1. The van der Waals surface area contributed by atoms with Crippen molar-refractivity contribution in [2.45, 2.75) is 32.3 Å². The summed E-state index contributed by atoms with van der Waals surface area (Å²) in [6.45, 7) is 4.86. The van der Waals surface area contributed by atoms with Crippen LogP contribution >= 0.6 is 11.3 Å². The van der Waals surface area contributed by atoms with E-state index < -0.39 is 5.60 Å². The highest BCUT2D eigenvalue weighted by molar-refractivity contribution is 7.09. The van der Waals surface area contributed by atoms with Gasteiger partial charge in [0.1, 0.15) is 0 Å². The van der Waals surface area contributed by atoms with E-state index >= 15 is 0 Å². The van der Waals surface area contributed by atoms with Gasteiger partial charge in [0.15, 0.2) is 0 Å². The van der Waals surface area contributed by atoms with Crippen molar-refractivity contribution in [2.24, 2.45) is 0 Å². The molecule has 0 aromatic carbocycles. The molecule has 0 bridgehead atoms. The highest BCUT2D eigenvalue weighted by Gasteiger charge is 2.20. The summed E-state index contributed by atoms with van der Waals surface area (Å²) in [4.78, 5) is 1.32. The lowest BCUT2D eigenvalue weighted by atomic mass is 10.0. The summed E-state index contributed by atoms with van der Waals surface area (Å²) in [6.07, 6.45) is 1.69. The molecular formula is C11H18O2S. The summed E-state index contributed by atoms with van der Waals surface area (Å²) in [5.74, 6) is 0. The van der Waals surface area contributed by atoms with Crippen molar-refractivity contribution < 1.29 is 9.84 Å². The number of rotatable bonds is 6. The molecule has 1 heterocycles. The van der Waals surface area contributed by atoms with Crippen LogP contribution in [0.25, 0.3) is 0 Å². The zero-order valence-electron chi connectivity index (χ0n) is 8.82. The fraction of sp³-hybridized carbons (Fsp3) is 0.636. The van der Waals surface area contributed by atoms with Crippen LogP contribution in [0.2, 0.25) is 0 Å². The van der Waals surface area contributed by atoms with Gasteiger partial charge >= 0.3 is 0 Å². The second-order valence-corrected chi connectivity index (χ2v) is 4.75. The predicted molar refractivity (Wildman–Crippen MR) is 59.8 cm³/mol. The Morgan fingerprint density at radius 1 is 1.57 bits per heavy atom. The van der Waals surface area contributed by atoms with Crippen LogP contribution in [0, 0.1) is 0 Å². The molecule has 0 aliphatic carbocycles. The van der Waals surface area contributed by atoms with Gasteiger partial charge in [-0.1, -0.05) is 6.07 Å². The Bertz CT molecular complexity index is 242. The van der Waals surface area contributed by atoms with E-state index in [1.54, 1.807) is 11.3 Å². The fourth-order valence-corrected chi connectivity index (χ4v) is 1.95. The van der Waals surface area contributed by atoms with Crippen molar-refractivity contribution in [1.82, 2.24) is 0 Å². The van der Waals surface area contributed by atoms with Crippen LogP contribution in [-0.4, -0.2) is 23.9 Å². The predicted octanol–water partition coefficient (Wildman–Crippen LogP) is 2.47. The maximum absolute atomic E-state index is 9.92. The molecule has 1 N–H and O–H groups in total. The summed E-state index contributed by atoms with van der Waals surface area (Å²) < 4.78 is 5.22. The number of thiophene rings is 1. The van der Waals surface area contributed by atoms with Crippen molar-refractivity contribution >= 4 is 11.3 Å². The van der Waals surface area contributed by atoms with Crippen LogP contribution in [0.3, 0.4) is 0 Å². The lowest BCUT2D eigenvalue weighted by Crippen LogP contribution is -2.31. The Labute approximate surface area is 89.5 Å². The Morgan fingerprint density at radius 2 is 2.36 bits per heavy atom. The molecule has 0 radical (unpaired) electrons. The van der Waals surface area contributed by atoms with Gasteiger partial charge in [-0.05, 0) is 38.1 Å². The Balaban J connectivity index is 2.28. The first kappa shape index (κ1) is 11.7. The Kier molecular flexibility index (Phi) is 4.58. The highest BCUT2D eigenvalue weighted by atomic mass is 32.1. The second kappa shape index (κ2) is 5.49.